The Balaban J connectivity index is 1.41. The fourth-order valence-corrected chi connectivity index (χ4v) is 5.26. The van der Waals surface area contributed by atoms with Crippen LogP contribution in [0.4, 0.5) is 18.9 Å². The maximum atomic E-state index is 12.8. The lowest BCUT2D eigenvalue weighted by atomic mass is 10.1. The molecule has 0 spiro atoms. The molecule has 194 valence electrons. The van der Waals surface area contributed by atoms with Gasteiger partial charge in [-0.3, -0.25) is 4.79 Å². The summed E-state index contributed by atoms with van der Waals surface area (Å²) in [6.07, 6.45) is -0.142. The van der Waals surface area contributed by atoms with Crippen molar-refractivity contribution < 1.29 is 26.4 Å². The van der Waals surface area contributed by atoms with E-state index in [2.05, 4.69) is 20.4 Å². The first-order valence-corrected chi connectivity index (χ1v) is 13.5. The number of amides is 1. The van der Waals surface area contributed by atoms with Gasteiger partial charge in [0.25, 0.3) is 9.84 Å². The van der Waals surface area contributed by atoms with Crippen molar-refractivity contribution in [1.29, 1.82) is 0 Å². The van der Waals surface area contributed by atoms with Crippen LogP contribution in [0.1, 0.15) is 11.4 Å². The summed E-state index contributed by atoms with van der Waals surface area (Å²) < 4.78 is 64.0. The third kappa shape index (κ3) is 5.02. The third-order valence-electron chi connectivity index (χ3n) is 5.57. The van der Waals surface area contributed by atoms with Crippen LogP contribution < -0.4 is 5.32 Å². The van der Waals surface area contributed by atoms with Gasteiger partial charge in [-0.1, -0.05) is 12.1 Å². The molecule has 0 radical (unpaired) electrons. The molecule has 0 aliphatic carbocycles. The predicted molar refractivity (Wildman–Crippen MR) is 137 cm³/mol. The molecule has 0 saturated heterocycles. The largest absolute Gasteiger partial charge is 0.501 e. The highest BCUT2D eigenvalue weighted by molar-refractivity contribution is 7.92. The molecular formula is C25H18F3N5O3S2. The van der Waals surface area contributed by atoms with Gasteiger partial charge in [-0.2, -0.15) is 18.3 Å². The van der Waals surface area contributed by atoms with E-state index in [0.29, 0.717) is 17.2 Å². The molecule has 0 saturated carbocycles. The fourth-order valence-electron chi connectivity index (χ4n) is 3.78. The third-order valence-corrected chi connectivity index (χ3v) is 7.87. The van der Waals surface area contributed by atoms with Crippen molar-refractivity contribution in [3.05, 3.63) is 83.6 Å². The molecule has 0 bridgehead atoms. The van der Waals surface area contributed by atoms with Crippen LogP contribution in [-0.4, -0.2) is 39.6 Å². The number of benzene rings is 2. The Hall–Kier alpha value is -4.10. The number of aryl methyl sites for hydroxylation is 1. The molecule has 0 fully saturated rings. The number of nitrogens with one attached hydrogen (secondary N) is 1. The Morgan fingerprint density at radius 1 is 1.05 bits per heavy atom. The number of fused-ring (bicyclic) bond motifs is 1. The first-order valence-electron chi connectivity index (χ1n) is 11.1. The lowest BCUT2D eigenvalue weighted by molar-refractivity contribution is -0.115. The van der Waals surface area contributed by atoms with Gasteiger partial charge in [0.1, 0.15) is 0 Å². The van der Waals surface area contributed by atoms with E-state index >= 15 is 0 Å². The van der Waals surface area contributed by atoms with Crippen molar-refractivity contribution >= 4 is 43.0 Å². The van der Waals surface area contributed by atoms with E-state index in [0.717, 1.165) is 45.7 Å². The van der Waals surface area contributed by atoms with Gasteiger partial charge in [0, 0.05) is 16.9 Å². The monoisotopic (exact) mass is 557 g/mol. The number of aromatic nitrogens is 4. The average Bonchev–Trinajstić information content (AvgIpc) is 3.50. The molecule has 1 amide bonds. The quantitative estimate of drug-likeness (QED) is 0.303. The molecule has 0 aliphatic rings. The van der Waals surface area contributed by atoms with Crippen molar-refractivity contribution in [3.63, 3.8) is 0 Å². The molecule has 0 atom stereocenters. The molecule has 13 heteroatoms. The van der Waals surface area contributed by atoms with E-state index in [1.165, 1.54) is 11.3 Å². The van der Waals surface area contributed by atoms with Crippen LogP contribution >= 0.6 is 11.3 Å². The number of anilines is 1. The minimum absolute atomic E-state index is 0.142. The zero-order chi connectivity index (χ0) is 27.1. The number of sulfone groups is 1. The number of carbonyl (C=O) groups is 1. The Morgan fingerprint density at radius 3 is 2.53 bits per heavy atom. The number of hydrogen-bond donors (Lipinski definition) is 1. The summed E-state index contributed by atoms with van der Waals surface area (Å²) in [5.74, 6) is 0.0836. The van der Waals surface area contributed by atoms with Gasteiger partial charge in [-0.15, -0.1) is 11.3 Å². The number of alkyl halides is 3. The molecule has 3 aromatic heterocycles. The first kappa shape index (κ1) is 25.5. The van der Waals surface area contributed by atoms with Crippen molar-refractivity contribution in [3.8, 4) is 17.1 Å². The minimum atomic E-state index is -5.47. The Bertz CT molecular complexity index is 1760. The second-order valence-electron chi connectivity index (χ2n) is 8.30. The minimum Gasteiger partial charge on any atom is -0.326 e. The number of pyridine rings is 1. The van der Waals surface area contributed by atoms with E-state index in [9.17, 15) is 26.4 Å². The average molecular weight is 558 g/mol. The molecule has 5 aromatic rings. The van der Waals surface area contributed by atoms with Crippen LogP contribution in [0.3, 0.4) is 0 Å². The van der Waals surface area contributed by atoms with Crippen molar-refractivity contribution in [2.75, 3.05) is 5.32 Å². The summed E-state index contributed by atoms with van der Waals surface area (Å²) in [6.45, 7) is 1.86. The van der Waals surface area contributed by atoms with Crippen LogP contribution in [0.2, 0.25) is 0 Å². The van der Waals surface area contributed by atoms with Crippen LogP contribution in [0.5, 0.6) is 0 Å². The lowest BCUT2D eigenvalue weighted by Crippen LogP contribution is -2.23. The highest BCUT2D eigenvalue weighted by atomic mass is 32.2. The van der Waals surface area contributed by atoms with Crippen LogP contribution in [0, 0.1) is 6.92 Å². The SMILES string of the molecule is Cc1cccc(-n2nc(CC(=O)Nc3ccc(S(=O)(=O)C(F)(F)F)cc3)cc2-c2ccc3ncsc3c2)n1. The molecule has 1 N–H and O–H groups in total. The van der Waals surface area contributed by atoms with Gasteiger partial charge in [0.15, 0.2) is 5.82 Å². The second-order valence-corrected chi connectivity index (χ2v) is 11.1. The number of carbonyl (C=O) groups excluding carboxylic acids is 1. The fraction of sp³-hybridized carbons (Fsp3) is 0.120. The number of thiazole rings is 1. The molecule has 38 heavy (non-hydrogen) atoms. The summed E-state index contributed by atoms with van der Waals surface area (Å²) in [5.41, 5.74) is 0.144. The van der Waals surface area contributed by atoms with Gasteiger partial charge < -0.3 is 5.32 Å². The summed E-state index contributed by atoms with van der Waals surface area (Å²) in [6, 6.07) is 16.9. The summed E-state index contributed by atoms with van der Waals surface area (Å²) in [7, 11) is -5.47. The van der Waals surface area contributed by atoms with E-state index in [4.69, 9.17) is 0 Å². The van der Waals surface area contributed by atoms with Gasteiger partial charge in [0.2, 0.25) is 5.91 Å². The molecule has 0 unspecified atom stereocenters. The van der Waals surface area contributed by atoms with Crippen molar-refractivity contribution in [2.24, 2.45) is 0 Å². The van der Waals surface area contributed by atoms with Crippen LogP contribution in [0.15, 0.2) is 77.1 Å². The molecule has 5 rings (SSSR count). The van der Waals surface area contributed by atoms with Crippen molar-refractivity contribution in [1.82, 2.24) is 19.7 Å². The van der Waals surface area contributed by atoms with E-state index in [1.807, 2.05) is 37.3 Å². The smallest absolute Gasteiger partial charge is 0.326 e. The Morgan fingerprint density at radius 2 is 1.82 bits per heavy atom. The normalized spacial score (nSPS) is 12.1. The van der Waals surface area contributed by atoms with Gasteiger partial charge in [-0.05, 0) is 61.5 Å². The maximum Gasteiger partial charge on any atom is 0.501 e. The summed E-state index contributed by atoms with van der Waals surface area (Å²) >= 11 is 1.50. The van der Waals surface area contributed by atoms with E-state index in [1.54, 1.807) is 22.3 Å². The Kier molecular flexibility index (Phi) is 6.49. The zero-order valence-electron chi connectivity index (χ0n) is 19.6. The van der Waals surface area contributed by atoms with Gasteiger partial charge in [0.05, 0.1) is 38.4 Å². The van der Waals surface area contributed by atoms with Gasteiger partial charge >= 0.3 is 5.51 Å². The highest BCUT2D eigenvalue weighted by Gasteiger charge is 2.46. The molecule has 0 aliphatic heterocycles. The molecular weight excluding hydrogens is 539 g/mol. The standard InChI is InChI=1S/C25H18F3N5O3S2/c1-15-3-2-4-23(30-15)33-21(16-5-10-20-22(11-16)37-14-29-20)12-18(32-33)13-24(34)31-17-6-8-19(9-7-17)38(35,36)25(26,27)28/h2-12,14H,13H2,1H3,(H,31,34). The zero-order valence-corrected chi connectivity index (χ0v) is 21.2. The Labute approximate surface area is 218 Å². The number of rotatable bonds is 6. The topological polar surface area (TPSA) is 107 Å². The lowest BCUT2D eigenvalue weighted by Gasteiger charge is -2.09. The van der Waals surface area contributed by atoms with Gasteiger partial charge in [-0.25, -0.2) is 23.1 Å². The van der Waals surface area contributed by atoms with E-state index in [-0.39, 0.29) is 12.1 Å². The highest BCUT2D eigenvalue weighted by Crippen LogP contribution is 2.31. The number of hydrogen-bond acceptors (Lipinski definition) is 7. The second kappa shape index (κ2) is 9.65. The first-order chi connectivity index (χ1) is 18.0. The van der Waals surface area contributed by atoms with Crippen LogP contribution in [-0.2, 0) is 21.1 Å². The molecule has 3 heterocycles. The van der Waals surface area contributed by atoms with E-state index < -0.39 is 26.1 Å². The number of halogens is 3. The summed E-state index contributed by atoms with van der Waals surface area (Å²) in [4.78, 5) is 20.7. The van der Waals surface area contributed by atoms with Crippen molar-refractivity contribution in [2.45, 2.75) is 23.7 Å². The maximum absolute atomic E-state index is 12.8. The van der Waals surface area contributed by atoms with Crippen LogP contribution in [0.25, 0.3) is 27.3 Å². The predicted octanol–water partition coefficient (Wildman–Crippen LogP) is 5.33. The number of nitrogens with zero attached hydrogens (tertiary/aromatic N) is 4. The molecule has 8 nitrogen and oxygen atoms in total. The molecule has 2 aromatic carbocycles. The summed E-state index contributed by atoms with van der Waals surface area (Å²) in [5, 5.41) is 7.16.